The molecule has 2 saturated heterocycles. The lowest BCUT2D eigenvalue weighted by Crippen LogP contribution is -2.59. The predicted octanol–water partition coefficient (Wildman–Crippen LogP) is 3.96. The third kappa shape index (κ3) is 1.74. The minimum absolute atomic E-state index is 0.285. The first kappa shape index (κ1) is 17.0. The zero-order valence-electron chi connectivity index (χ0n) is 14.4. The number of aryl methyl sites for hydroxylation is 1. The van der Waals surface area contributed by atoms with Crippen LogP contribution in [0.3, 0.4) is 0 Å². The Hall–Kier alpha value is -2.40. The van der Waals surface area contributed by atoms with Crippen LogP contribution in [0.25, 0.3) is 0 Å². The third-order valence-corrected chi connectivity index (χ3v) is 7.27. The average molecular weight is 366 g/mol. The summed E-state index contributed by atoms with van der Waals surface area (Å²) in [5.74, 6) is -1.86. The van der Waals surface area contributed by atoms with Gasteiger partial charge in [0.1, 0.15) is 6.10 Å². The largest absolute Gasteiger partial charge is 0.447 e. The second-order valence-corrected chi connectivity index (χ2v) is 8.26. The summed E-state index contributed by atoms with van der Waals surface area (Å²) in [5, 5.41) is 40.9. The summed E-state index contributed by atoms with van der Waals surface area (Å²) < 4.78 is 12.3. The molecule has 132 valence electrons. The highest BCUT2D eigenvalue weighted by Crippen LogP contribution is 2.69. The van der Waals surface area contributed by atoms with Crippen molar-refractivity contribution in [3.05, 3.63) is 21.9 Å². The SMILES string of the molecule is Cc1ccsc1C1OC23CCCCCC2C(C#N)(C(=N)O3)C1(C#N)C#N. The number of nitrogens with zero attached hydrogens (tertiary/aromatic N) is 3. The molecule has 3 aliphatic rings. The summed E-state index contributed by atoms with van der Waals surface area (Å²) in [6, 6.07) is 8.34. The number of nitrogens with one attached hydrogen (secondary N) is 1. The molecule has 7 heteroatoms. The van der Waals surface area contributed by atoms with E-state index >= 15 is 0 Å². The molecule has 1 aromatic heterocycles. The molecular weight excluding hydrogens is 348 g/mol. The van der Waals surface area contributed by atoms with Gasteiger partial charge in [-0.25, -0.2) is 0 Å². The van der Waals surface area contributed by atoms with E-state index in [1.54, 1.807) is 0 Å². The van der Waals surface area contributed by atoms with Crippen molar-refractivity contribution in [1.29, 1.82) is 21.2 Å². The van der Waals surface area contributed by atoms with Gasteiger partial charge in [-0.15, -0.1) is 11.3 Å². The van der Waals surface area contributed by atoms with Crippen LogP contribution in [-0.2, 0) is 9.47 Å². The van der Waals surface area contributed by atoms with Crippen molar-refractivity contribution in [3.63, 3.8) is 0 Å². The summed E-state index contributed by atoms with van der Waals surface area (Å²) >= 11 is 1.41. The molecule has 0 amide bonds. The molecule has 2 aliphatic heterocycles. The van der Waals surface area contributed by atoms with E-state index in [0.717, 1.165) is 29.7 Å². The maximum atomic E-state index is 10.2. The van der Waals surface area contributed by atoms with Crippen LogP contribution in [-0.4, -0.2) is 11.7 Å². The second kappa shape index (κ2) is 5.55. The molecule has 26 heavy (non-hydrogen) atoms. The maximum absolute atomic E-state index is 10.2. The molecule has 1 aromatic rings. The van der Waals surface area contributed by atoms with Crippen molar-refractivity contribution in [2.45, 2.75) is 50.9 Å². The lowest BCUT2D eigenvalue weighted by molar-refractivity contribution is -0.284. The highest BCUT2D eigenvalue weighted by atomic mass is 32.1. The molecule has 6 nitrogen and oxygen atoms in total. The lowest BCUT2D eigenvalue weighted by Gasteiger charge is -2.49. The molecule has 1 saturated carbocycles. The Balaban J connectivity index is 2.03. The van der Waals surface area contributed by atoms with Gasteiger partial charge in [0.15, 0.2) is 5.41 Å². The van der Waals surface area contributed by atoms with Gasteiger partial charge in [-0.2, -0.15) is 15.8 Å². The molecule has 2 bridgehead atoms. The monoisotopic (exact) mass is 366 g/mol. The average Bonchev–Trinajstić information content (AvgIpc) is 3.04. The Morgan fingerprint density at radius 3 is 2.58 bits per heavy atom. The van der Waals surface area contributed by atoms with Gasteiger partial charge in [0.25, 0.3) is 0 Å². The van der Waals surface area contributed by atoms with Gasteiger partial charge < -0.3 is 9.47 Å². The number of nitriles is 3. The number of thiophene rings is 1. The Bertz CT molecular complexity index is 890. The van der Waals surface area contributed by atoms with Crippen molar-refractivity contribution in [2.24, 2.45) is 16.7 Å². The molecule has 4 unspecified atom stereocenters. The van der Waals surface area contributed by atoms with Gasteiger partial charge in [-0.1, -0.05) is 12.8 Å². The molecule has 1 N–H and O–H groups in total. The maximum Gasteiger partial charge on any atom is 0.217 e. The van der Waals surface area contributed by atoms with E-state index in [0.29, 0.717) is 12.8 Å². The van der Waals surface area contributed by atoms with Crippen LogP contribution in [0.15, 0.2) is 11.4 Å². The fourth-order valence-corrected chi connectivity index (χ4v) is 5.94. The van der Waals surface area contributed by atoms with Crippen LogP contribution in [0, 0.1) is 63.1 Å². The Morgan fingerprint density at radius 1 is 1.19 bits per heavy atom. The molecular formula is C19H18N4O2S. The van der Waals surface area contributed by atoms with Crippen molar-refractivity contribution in [1.82, 2.24) is 0 Å². The molecule has 4 rings (SSSR count). The molecule has 0 spiro atoms. The highest BCUT2D eigenvalue weighted by Gasteiger charge is 2.80. The van der Waals surface area contributed by atoms with Crippen molar-refractivity contribution >= 4 is 17.2 Å². The van der Waals surface area contributed by atoms with Gasteiger partial charge in [0.05, 0.1) is 24.1 Å². The van der Waals surface area contributed by atoms with E-state index in [-0.39, 0.29) is 5.90 Å². The predicted molar refractivity (Wildman–Crippen MR) is 92.7 cm³/mol. The number of ether oxygens (including phenoxy) is 2. The summed E-state index contributed by atoms with van der Waals surface area (Å²) in [6.45, 7) is 1.90. The topological polar surface area (TPSA) is 114 Å². The van der Waals surface area contributed by atoms with E-state index in [9.17, 15) is 15.8 Å². The standard InChI is InChI=1S/C19H18N4O2S/c1-12-6-8-26-14(12)15-17(9-20,10-21)18(11-22)13-5-3-2-4-7-19(13,24-15)25-16(18)23/h6,8,13,15,23H,2-5,7H2,1H3. The third-order valence-electron chi connectivity index (χ3n) is 6.21. The van der Waals surface area contributed by atoms with Crippen molar-refractivity contribution in [3.8, 4) is 18.2 Å². The van der Waals surface area contributed by atoms with Crippen LogP contribution in [0.1, 0.15) is 48.6 Å². The van der Waals surface area contributed by atoms with Gasteiger partial charge in [0, 0.05) is 11.3 Å². The number of hydrogen-bond acceptors (Lipinski definition) is 7. The van der Waals surface area contributed by atoms with E-state index in [4.69, 9.17) is 14.9 Å². The summed E-state index contributed by atoms with van der Waals surface area (Å²) in [4.78, 5) is 0.757. The molecule has 1 aliphatic carbocycles. The highest BCUT2D eigenvalue weighted by molar-refractivity contribution is 7.10. The fraction of sp³-hybridized carbons (Fsp3) is 0.579. The van der Waals surface area contributed by atoms with Crippen molar-refractivity contribution in [2.75, 3.05) is 0 Å². The zero-order chi connectivity index (χ0) is 18.6. The van der Waals surface area contributed by atoms with Gasteiger partial charge >= 0.3 is 0 Å². The Labute approximate surface area is 156 Å². The van der Waals surface area contributed by atoms with Crippen LogP contribution in [0.2, 0.25) is 0 Å². The molecule has 4 atom stereocenters. The first-order chi connectivity index (χ1) is 12.5. The van der Waals surface area contributed by atoms with Crippen LogP contribution in [0.5, 0.6) is 0 Å². The minimum atomic E-state index is -1.82. The lowest BCUT2D eigenvalue weighted by atomic mass is 9.53. The van der Waals surface area contributed by atoms with Gasteiger partial charge in [-0.05, 0) is 36.8 Å². The smallest absolute Gasteiger partial charge is 0.217 e. The van der Waals surface area contributed by atoms with Crippen LogP contribution in [0.4, 0.5) is 0 Å². The minimum Gasteiger partial charge on any atom is -0.447 e. The number of rotatable bonds is 1. The molecule has 3 fully saturated rings. The van der Waals surface area contributed by atoms with Crippen molar-refractivity contribution < 1.29 is 9.47 Å². The van der Waals surface area contributed by atoms with Crippen LogP contribution < -0.4 is 0 Å². The van der Waals surface area contributed by atoms with Crippen LogP contribution >= 0.6 is 11.3 Å². The summed E-state index contributed by atoms with van der Waals surface area (Å²) in [5.41, 5.74) is -2.51. The summed E-state index contributed by atoms with van der Waals surface area (Å²) in [6.07, 6.45) is 2.98. The quantitative estimate of drug-likeness (QED) is 0.808. The van der Waals surface area contributed by atoms with E-state index in [2.05, 4.69) is 18.2 Å². The Morgan fingerprint density at radius 2 is 1.96 bits per heavy atom. The number of hydrogen-bond donors (Lipinski definition) is 1. The normalized spacial score (nSPS) is 37.4. The fourth-order valence-electron chi connectivity index (χ4n) is 4.92. The molecule has 0 aromatic carbocycles. The van der Waals surface area contributed by atoms with E-state index in [1.165, 1.54) is 11.3 Å². The summed E-state index contributed by atoms with van der Waals surface area (Å²) in [7, 11) is 0. The molecule has 3 heterocycles. The van der Waals surface area contributed by atoms with Gasteiger partial charge in [-0.3, -0.25) is 5.41 Å². The zero-order valence-corrected chi connectivity index (χ0v) is 15.2. The van der Waals surface area contributed by atoms with E-state index < -0.39 is 28.6 Å². The van der Waals surface area contributed by atoms with Gasteiger partial charge in [0.2, 0.25) is 17.1 Å². The second-order valence-electron chi connectivity index (χ2n) is 7.31. The van der Waals surface area contributed by atoms with E-state index in [1.807, 2.05) is 18.4 Å². The first-order valence-corrected chi connectivity index (χ1v) is 9.63. The molecule has 0 radical (unpaired) electrons. The Kier molecular flexibility index (Phi) is 3.63. The first-order valence-electron chi connectivity index (χ1n) is 8.75.